The Morgan fingerprint density at radius 1 is 1.00 bits per heavy atom. The van der Waals surface area contributed by atoms with Crippen LogP contribution in [0.1, 0.15) is 12.8 Å². The molecular weight excluding hydrogens is 304 g/mol. The zero-order valence-electron chi connectivity index (χ0n) is 11.5. The Hall–Kier alpha value is -2.44. The van der Waals surface area contributed by atoms with Gasteiger partial charge in [0.2, 0.25) is 0 Å². The molecule has 0 amide bonds. The van der Waals surface area contributed by atoms with Gasteiger partial charge in [-0.1, -0.05) is 0 Å². The quantitative estimate of drug-likeness (QED) is 0.121. The van der Waals surface area contributed by atoms with E-state index in [0.717, 1.165) is 0 Å². The molecule has 0 rings (SSSR count). The minimum atomic E-state index is -2.27. The van der Waals surface area contributed by atoms with Gasteiger partial charge < -0.3 is 42.3 Å². The van der Waals surface area contributed by atoms with Crippen molar-refractivity contribution in [2.45, 2.75) is 31.1 Å². The van der Waals surface area contributed by atoms with Crippen molar-refractivity contribution in [1.29, 1.82) is 5.41 Å². The average molecular weight is 324 g/mol. The topological polar surface area (TPSA) is 240 Å². The molecule has 0 aromatic heterocycles. The molecule has 0 aromatic rings. The fourth-order valence-corrected chi connectivity index (χ4v) is 0.939. The van der Waals surface area contributed by atoms with Crippen molar-refractivity contribution >= 4 is 23.9 Å². The monoisotopic (exact) mass is 324 g/mol. The van der Waals surface area contributed by atoms with E-state index in [9.17, 15) is 14.4 Å². The van der Waals surface area contributed by atoms with Crippen molar-refractivity contribution in [2.24, 2.45) is 11.5 Å². The summed E-state index contributed by atoms with van der Waals surface area (Å²) in [5.74, 6) is -4.65. The third kappa shape index (κ3) is 11.4. The van der Waals surface area contributed by atoms with E-state index in [4.69, 9.17) is 42.4 Å². The van der Waals surface area contributed by atoms with Gasteiger partial charge in [-0.05, 0) is 12.8 Å². The van der Waals surface area contributed by atoms with Crippen molar-refractivity contribution in [1.82, 2.24) is 5.32 Å². The fraction of sp³-hybridized carbons (Fsp3) is 0.600. The predicted molar refractivity (Wildman–Crippen MR) is 72.0 cm³/mol. The Morgan fingerprint density at radius 2 is 1.41 bits per heavy atom. The summed E-state index contributed by atoms with van der Waals surface area (Å²) in [7, 11) is 0. The number of aliphatic hydroxyl groups excluding tert-OH is 2. The van der Waals surface area contributed by atoms with Crippen LogP contribution in [0.15, 0.2) is 0 Å². The van der Waals surface area contributed by atoms with Crippen LogP contribution in [0.4, 0.5) is 0 Å². The molecular formula is C10H20N4O8. The molecule has 11 N–H and O–H groups in total. The van der Waals surface area contributed by atoms with Gasteiger partial charge in [0.15, 0.2) is 18.2 Å². The molecule has 0 spiro atoms. The molecule has 0 aromatic carbocycles. The number of aliphatic hydroxyl groups is 2. The molecule has 12 nitrogen and oxygen atoms in total. The number of hydrogen-bond donors (Lipinski definition) is 9. The van der Waals surface area contributed by atoms with Crippen molar-refractivity contribution < 1.29 is 39.9 Å². The summed E-state index contributed by atoms with van der Waals surface area (Å²) >= 11 is 0. The second kappa shape index (κ2) is 11.2. The van der Waals surface area contributed by atoms with Gasteiger partial charge in [-0.3, -0.25) is 10.2 Å². The Labute approximate surface area is 124 Å². The maximum atomic E-state index is 10.2. The van der Waals surface area contributed by atoms with Crippen LogP contribution in [0.25, 0.3) is 0 Å². The van der Waals surface area contributed by atoms with Crippen LogP contribution in [0.3, 0.4) is 0 Å². The number of nitrogens with two attached hydrogens (primary N) is 2. The van der Waals surface area contributed by atoms with Crippen LogP contribution in [0, 0.1) is 5.41 Å². The summed E-state index contributed by atoms with van der Waals surface area (Å²) in [5.41, 5.74) is 10.2. The highest BCUT2D eigenvalue weighted by molar-refractivity contribution is 5.83. The van der Waals surface area contributed by atoms with Crippen LogP contribution in [-0.4, -0.2) is 74.2 Å². The molecule has 128 valence electrons. The zero-order chi connectivity index (χ0) is 17.9. The molecule has 2 unspecified atom stereocenters. The largest absolute Gasteiger partial charge is 0.480 e. The van der Waals surface area contributed by atoms with Gasteiger partial charge in [-0.15, -0.1) is 0 Å². The van der Waals surface area contributed by atoms with Crippen LogP contribution in [0.2, 0.25) is 0 Å². The summed E-state index contributed by atoms with van der Waals surface area (Å²) in [5, 5.41) is 50.2. The van der Waals surface area contributed by atoms with E-state index >= 15 is 0 Å². The standard InChI is InChI=1S/C6H14N4O2.C4H6O6/c7-4(5(11)12)2-1-3-10-6(8)9;5-1(3(7)8)2(6)4(9)10/h4H,1-3,7H2,(H,11,12)(H4,8,9,10);1-2,5-6H,(H,7,8)(H,9,10)/t4-;/m0./s1. The predicted octanol–water partition coefficient (Wildman–Crippen LogP) is -3.46. The lowest BCUT2D eigenvalue weighted by atomic mass is 10.2. The van der Waals surface area contributed by atoms with Crippen LogP contribution < -0.4 is 16.8 Å². The molecule has 0 aliphatic carbocycles. The van der Waals surface area contributed by atoms with Gasteiger partial charge in [0, 0.05) is 6.54 Å². The fourth-order valence-electron chi connectivity index (χ4n) is 0.939. The van der Waals surface area contributed by atoms with Crippen molar-refractivity contribution in [3.63, 3.8) is 0 Å². The average Bonchev–Trinajstić information content (AvgIpc) is 2.41. The first-order valence-electron chi connectivity index (χ1n) is 5.88. The lowest BCUT2D eigenvalue weighted by Crippen LogP contribution is -2.39. The third-order valence-electron chi connectivity index (χ3n) is 2.13. The van der Waals surface area contributed by atoms with Gasteiger partial charge in [0.05, 0.1) is 0 Å². The van der Waals surface area contributed by atoms with Gasteiger partial charge in [0.1, 0.15) is 6.04 Å². The second-order valence-electron chi connectivity index (χ2n) is 3.99. The van der Waals surface area contributed by atoms with E-state index in [1.54, 1.807) is 0 Å². The number of carboxylic acid groups (broad SMARTS) is 3. The zero-order valence-corrected chi connectivity index (χ0v) is 11.5. The number of carbonyl (C=O) groups is 3. The van der Waals surface area contributed by atoms with Crippen molar-refractivity contribution in [3.8, 4) is 0 Å². The highest BCUT2D eigenvalue weighted by Gasteiger charge is 2.29. The van der Waals surface area contributed by atoms with Crippen LogP contribution >= 0.6 is 0 Å². The first kappa shape index (κ1) is 21.9. The SMILES string of the molecule is N=C(N)NCCC[C@H](N)C(=O)O.O=C(O)C(O)C(O)C(=O)O. The molecule has 0 radical (unpaired) electrons. The molecule has 0 heterocycles. The Bertz CT molecular complexity index is 384. The summed E-state index contributed by atoms with van der Waals surface area (Å²) in [6, 6.07) is -0.821. The molecule has 0 aliphatic rings. The lowest BCUT2D eigenvalue weighted by Gasteiger charge is -2.07. The Balaban J connectivity index is 0. The summed E-state index contributed by atoms with van der Waals surface area (Å²) in [6.07, 6.45) is -3.56. The van der Waals surface area contributed by atoms with Gasteiger partial charge in [0.25, 0.3) is 0 Å². The second-order valence-corrected chi connectivity index (χ2v) is 3.99. The van der Waals surface area contributed by atoms with Crippen LogP contribution in [0.5, 0.6) is 0 Å². The normalized spacial score (nSPS) is 13.8. The first-order valence-corrected chi connectivity index (χ1v) is 5.88. The van der Waals surface area contributed by atoms with Crippen molar-refractivity contribution in [3.05, 3.63) is 0 Å². The molecule has 0 saturated heterocycles. The third-order valence-corrected chi connectivity index (χ3v) is 2.13. The first-order chi connectivity index (χ1) is 10.0. The number of rotatable bonds is 8. The maximum Gasteiger partial charge on any atom is 0.335 e. The molecule has 0 bridgehead atoms. The minimum absolute atomic E-state index is 0.112. The van der Waals surface area contributed by atoms with Gasteiger partial charge in [-0.25, -0.2) is 9.59 Å². The van der Waals surface area contributed by atoms with Crippen LogP contribution in [-0.2, 0) is 14.4 Å². The molecule has 0 aliphatic heterocycles. The number of aliphatic carboxylic acids is 3. The molecule has 12 heteroatoms. The van der Waals surface area contributed by atoms with Crippen molar-refractivity contribution in [2.75, 3.05) is 6.54 Å². The Morgan fingerprint density at radius 3 is 1.68 bits per heavy atom. The molecule has 0 saturated carbocycles. The van der Waals surface area contributed by atoms with Gasteiger partial charge in [-0.2, -0.15) is 0 Å². The highest BCUT2D eigenvalue weighted by Crippen LogP contribution is 1.93. The van der Waals surface area contributed by atoms with E-state index in [-0.39, 0.29) is 5.96 Å². The Kier molecular flexibility index (Phi) is 11.2. The van der Waals surface area contributed by atoms with E-state index in [2.05, 4.69) is 5.32 Å². The summed E-state index contributed by atoms with van der Waals surface area (Å²) in [4.78, 5) is 29.8. The number of hydrogen-bond acceptors (Lipinski definition) is 7. The molecule has 22 heavy (non-hydrogen) atoms. The van der Waals surface area contributed by atoms with Gasteiger partial charge >= 0.3 is 17.9 Å². The minimum Gasteiger partial charge on any atom is -0.480 e. The van der Waals surface area contributed by atoms with E-state index < -0.39 is 36.2 Å². The summed E-state index contributed by atoms with van der Waals surface area (Å²) in [6.45, 7) is 0.482. The van der Waals surface area contributed by atoms with E-state index in [1.165, 1.54) is 0 Å². The number of carboxylic acids is 3. The maximum absolute atomic E-state index is 10.2. The number of guanidine groups is 1. The summed E-state index contributed by atoms with van der Waals surface area (Å²) < 4.78 is 0. The van der Waals surface area contributed by atoms with E-state index in [0.29, 0.717) is 19.4 Å². The molecule has 3 atom stereocenters. The van der Waals surface area contributed by atoms with E-state index in [1.807, 2.05) is 0 Å². The molecule has 0 fully saturated rings. The number of nitrogens with one attached hydrogen (secondary N) is 2. The smallest absolute Gasteiger partial charge is 0.335 e. The highest BCUT2D eigenvalue weighted by atomic mass is 16.4. The lowest BCUT2D eigenvalue weighted by molar-refractivity contribution is -0.165.